The third kappa shape index (κ3) is 3.03. The molecule has 2 heterocycles. The quantitative estimate of drug-likeness (QED) is 0.792. The van der Waals surface area contributed by atoms with Crippen LogP contribution in [-0.4, -0.2) is 17.6 Å². The molecule has 1 aromatic heterocycles. The van der Waals surface area contributed by atoms with Crippen LogP contribution in [0.15, 0.2) is 45.8 Å². The molecule has 2 aromatic rings. The van der Waals surface area contributed by atoms with Gasteiger partial charge >= 0.3 is 5.97 Å². The van der Waals surface area contributed by atoms with Crippen LogP contribution in [0.5, 0.6) is 0 Å². The molecule has 0 radical (unpaired) electrons. The molecule has 0 saturated carbocycles. The van der Waals surface area contributed by atoms with E-state index in [9.17, 15) is 14.9 Å². The fourth-order valence-electron chi connectivity index (χ4n) is 3.47. The first kappa shape index (κ1) is 19.2. The van der Waals surface area contributed by atoms with E-state index in [2.05, 4.69) is 4.98 Å². The minimum Gasteiger partial charge on any atom is -0.463 e. The number of nitrogens with zero attached hydrogens (tertiary/aromatic N) is 1. The number of fused-ring (bicyclic) bond motifs is 1. The van der Waals surface area contributed by atoms with Gasteiger partial charge in [0.2, 0.25) is 5.88 Å². The lowest BCUT2D eigenvalue weighted by Crippen LogP contribution is -2.29. The van der Waals surface area contributed by atoms with E-state index in [-0.39, 0.29) is 35.0 Å². The van der Waals surface area contributed by atoms with Crippen molar-refractivity contribution in [3.05, 3.63) is 68.0 Å². The van der Waals surface area contributed by atoms with Gasteiger partial charge in [-0.25, -0.2) is 4.79 Å². The molecule has 3 rings (SSSR count). The Balaban J connectivity index is 2.34. The zero-order chi connectivity index (χ0) is 20.6. The molecular weight excluding hydrogens is 358 g/mol. The maximum absolute atomic E-state index is 13.0. The number of nitrogens with two attached hydrogens (primary N) is 1. The van der Waals surface area contributed by atoms with E-state index in [1.807, 2.05) is 32.0 Å². The van der Waals surface area contributed by atoms with Gasteiger partial charge in [0.25, 0.3) is 5.56 Å². The Labute approximate surface area is 162 Å². The number of pyridine rings is 1. The predicted octanol–water partition coefficient (Wildman–Crippen LogP) is 2.79. The summed E-state index contributed by atoms with van der Waals surface area (Å²) in [6.07, 6.45) is 0. The van der Waals surface area contributed by atoms with Crippen molar-refractivity contribution in [3.8, 4) is 6.07 Å². The topological polar surface area (TPSA) is 118 Å². The third-order valence-electron chi connectivity index (χ3n) is 4.88. The lowest BCUT2D eigenvalue weighted by atomic mass is 9.83. The summed E-state index contributed by atoms with van der Waals surface area (Å²) in [5.41, 5.74) is 8.44. The zero-order valence-corrected chi connectivity index (χ0v) is 16.2. The van der Waals surface area contributed by atoms with Crippen molar-refractivity contribution < 1.29 is 14.3 Å². The molecule has 0 aliphatic carbocycles. The van der Waals surface area contributed by atoms with Crippen molar-refractivity contribution in [1.82, 2.24) is 4.98 Å². The number of rotatable bonds is 3. The number of esters is 1. The number of ether oxygens (including phenoxy) is 2. The summed E-state index contributed by atoms with van der Waals surface area (Å²) in [7, 11) is 0. The number of aromatic amines is 1. The molecule has 7 heteroatoms. The first-order valence-corrected chi connectivity index (χ1v) is 8.88. The molecule has 0 saturated heterocycles. The second-order valence-electron chi connectivity index (χ2n) is 6.66. The van der Waals surface area contributed by atoms with E-state index < -0.39 is 17.4 Å². The number of carbonyl (C=O) groups is 1. The monoisotopic (exact) mass is 379 g/mol. The summed E-state index contributed by atoms with van der Waals surface area (Å²) >= 11 is 0. The van der Waals surface area contributed by atoms with E-state index in [0.717, 1.165) is 22.0 Å². The molecule has 0 unspecified atom stereocenters. The largest absolute Gasteiger partial charge is 0.463 e. The molecule has 0 spiro atoms. The van der Waals surface area contributed by atoms with Gasteiger partial charge in [-0.2, -0.15) is 5.26 Å². The number of allylic oxidation sites excluding steroid dienone is 2. The molecule has 0 fully saturated rings. The first-order valence-electron chi connectivity index (χ1n) is 8.88. The highest BCUT2D eigenvalue weighted by atomic mass is 16.5. The van der Waals surface area contributed by atoms with Crippen LogP contribution >= 0.6 is 0 Å². The lowest BCUT2D eigenvalue weighted by Gasteiger charge is -2.26. The Morgan fingerprint density at radius 2 is 2.00 bits per heavy atom. The van der Waals surface area contributed by atoms with Crippen LogP contribution in [0.2, 0.25) is 0 Å². The Bertz CT molecular complexity index is 1150. The van der Waals surface area contributed by atoms with E-state index in [4.69, 9.17) is 15.2 Å². The molecule has 1 atom stereocenters. The maximum atomic E-state index is 13.0. The fraction of sp³-hybridized carbons (Fsp3) is 0.286. The van der Waals surface area contributed by atoms with Crippen LogP contribution in [0.4, 0.5) is 0 Å². The number of aryl methyl sites for hydroxylation is 2. The number of benzene rings is 1. The van der Waals surface area contributed by atoms with Crippen molar-refractivity contribution in [2.24, 2.45) is 5.73 Å². The van der Waals surface area contributed by atoms with Gasteiger partial charge in [-0.1, -0.05) is 12.1 Å². The second kappa shape index (κ2) is 7.24. The van der Waals surface area contributed by atoms with Gasteiger partial charge in [0, 0.05) is 10.9 Å². The molecule has 3 N–H and O–H groups in total. The van der Waals surface area contributed by atoms with E-state index in [0.29, 0.717) is 0 Å². The lowest BCUT2D eigenvalue weighted by molar-refractivity contribution is -0.139. The predicted molar refractivity (Wildman–Crippen MR) is 104 cm³/mol. The zero-order valence-electron chi connectivity index (χ0n) is 16.2. The highest BCUT2D eigenvalue weighted by Gasteiger charge is 2.37. The summed E-state index contributed by atoms with van der Waals surface area (Å²) in [5.74, 6) is -1.53. The van der Waals surface area contributed by atoms with Gasteiger partial charge in [0.15, 0.2) is 0 Å². The molecule has 0 amide bonds. The SMILES string of the molecule is CCOC(=O)C1=C(C)OC(N)=C(C#N)[C@@H]1c1cc2c(C)ccc(C)c2[nH]c1=O. The van der Waals surface area contributed by atoms with Gasteiger partial charge < -0.3 is 20.2 Å². The maximum Gasteiger partial charge on any atom is 0.338 e. The van der Waals surface area contributed by atoms with E-state index in [1.54, 1.807) is 19.9 Å². The summed E-state index contributed by atoms with van der Waals surface area (Å²) < 4.78 is 10.5. The number of aromatic nitrogens is 1. The Morgan fingerprint density at radius 1 is 1.32 bits per heavy atom. The molecule has 7 nitrogen and oxygen atoms in total. The van der Waals surface area contributed by atoms with Crippen molar-refractivity contribution in [2.45, 2.75) is 33.6 Å². The molecular formula is C21H21N3O4. The fourth-order valence-corrected chi connectivity index (χ4v) is 3.47. The van der Waals surface area contributed by atoms with Gasteiger partial charge in [0.05, 0.1) is 23.6 Å². The normalized spacial score (nSPS) is 16.8. The molecule has 1 aliphatic heterocycles. The van der Waals surface area contributed by atoms with Crippen LogP contribution in [0, 0.1) is 25.2 Å². The Hall–Kier alpha value is -3.53. The van der Waals surface area contributed by atoms with E-state index in [1.165, 1.54) is 0 Å². The highest BCUT2D eigenvalue weighted by Crippen LogP contribution is 2.39. The average molecular weight is 379 g/mol. The number of nitriles is 1. The number of H-pyrrole nitrogens is 1. The summed E-state index contributed by atoms with van der Waals surface area (Å²) in [6, 6.07) is 7.57. The minimum atomic E-state index is -0.967. The second-order valence-corrected chi connectivity index (χ2v) is 6.66. The standard InChI is InChI=1S/C21H21N3O4/c1-5-27-21(26)16-12(4)28-19(23)15(9-22)17(16)14-8-13-10(2)6-7-11(3)18(13)24-20(14)25/h6-8,17H,5,23H2,1-4H3,(H,24,25)/t17-/m0/s1. The van der Waals surface area contributed by atoms with E-state index >= 15 is 0 Å². The summed E-state index contributed by atoms with van der Waals surface area (Å²) in [5, 5.41) is 10.5. The number of carbonyl (C=O) groups excluding carboxylic acids is 1. The average Bonchev–Trinajstić information content (AvgIpc) is 2.64. The minimum absolute atomic E-state index is 0.00353. The number of hydrogen-bond donors (Lipinski definition) is 2. The van der Waals surface area contributed by atoms with Crippen LogP contribution in [0.25, 0.3) is 10.9 Å². The molecule has 1 aliphatic rings. The van der Waals surface area contributed by atoms with Crippen LogP contribution < -0.4 is 11.3 Å². The number of hydrogen-bond acceptors (Lipinski definition) is 6. The Morgan fingerprint density at radius 3 is 2.64 bits per heavy atom. The molecule has 28 heavy (non-hydrogen) atoms. The Kier molecular flexibility index (Phi) is 4.97. The van der Waals surface area contributed by atoms with Crippen LogP contribution in [-0.2, 0) is 14.3 Å². The van der Waals surface area contributed by atoms with Crippen molar-refractivity contribution in [2.75, 3.05) is 6.61 Å². The van der Waals surface area contributed by atoms with Gasteiger partial charge in [-0.3, -0.25) is 4.79 Å². The molecule has 1 aromatic carbocycles. The van der Waals surface area contributed by atoms with Crippen molar-refractivity contribution in [3.63, 3.8) is 0 Å². The number of nitrogens with one attached hydrogen (secondary N) is 1. The van der Waals surface area contributed by atoms with Gasteiger partial charge in [0.1, 0.15) is 17.4 Å². The highest BCUT2D eigenvalue weighted by molar-refractivity contribution is 5.93. The smallest absolute Gasteiger partial charge is 0.338 e. The van der Waals surface area contributed by atoms with Crippen LogP contribution in [0.3, 0.4) is 0 Å². The molecule has 144 valence electrons. The first-order chi connectivity index (χ1) is 13.3. The van der Waals surface area contributed by atoms with Crippen molar-refractivity contribution >= 4 is 16.9 Å². The summed E-state index contributed by atoms with van der Waals surface area (Å²) in [4.78, 5) is 28.5. The van der Waals surface area contributed by atoms with Gasteiger partial charge in [-0.15, -0.1) is 0 Å². The summed E-state index contributed by atoms with van der Waals surface area (Å²) in [6.45, 7) is 7.21. The van der Waals surface area contributed by atoms with Gasteiger partial charge in [-0.05, 0) is 44.9 Å². The molecule has 0 bridgehead atoms. The van der Waals surface area contributed by atoms with Crippen molar-refractivity contribution in [1.29, 1.82) is 5.26 Å². The van der Waals surface area contributed by atoms with Crippen LogP contribution in [0.1, 0.15) is 36.5 Å². The third-order valence-corrected chi connectivity index (χ3v) is 4.88.